The van der Waals surface area contributed by atoms with E-state index in [9.17, 15) is 0 Å². The summed E-state index contributed by atoms with van der Waals surface area (Å²) < 4.78 is 0. The van der Waals surface area contributed by atoms with Crippen molar-refractivity contribution >= 4 is 0 Å². The highest BCUT2D eigenvalue weighted by atomic mass is 15.0. The molecular weight excluding hydrogens is 256 g/mol. The highest BCUT2D eigenvalue weighted by Crippen LogP contribution is 2.36. The van der Waals surface area contributed by atoms with Crippen LogP contribution in [0.2, 0.25) is 0 Å². The molecule has 2 nitrogen and oxygen atoms in total. The van der Waals surface area contributed by atoms with Gasteiger partial charge in [0.1, 0.15) is 5.82 Å². The number of rotatable bonds is 8. The van der Waals surface area contributed by atoms with E-state index in [0.29, 0.717) is 17.8 Å². The van der Waals surface area contributed by atoms with Gasteiger partial charge in [0.2, 0.25) is 0 Å². The van der Waals surface area contributed by atoms with E-state index in [1.54, 1.807) is 0 Å². The van der Waals surface area contributed by atoms with Crippen LogP contribution in [-0.4, -0.2) is 9.97 Å². The second kappa shape index (κ2) is 7.47. The Morgan fingerprint density at radius 3 is 2.14 bits per heavy atom. The zero-order valence-corrected chi connectivity index (χ0v) is 15.5. The Morgan fingerprint density at radius 1 is 1.05 bits per heavy atom. The SMILES string of the molecule is CCCC(C)c1nc(C(C)C(C)C)c(C(C)(C)CCC)[nH]1. The van der Waals surface area contributed by atoms with Crippen molar-refractivity contribution in [1.29, 1.82) is 0 Å². The van der Waals surface area contributed by atoms with Crippen molar-refractivity contribution < 1.29 is 0 Å². The molecule has 1 N–H and O–H groups in total. The van der Waals surface area contributed by atoms with Crippen molar-refractivity contribution in [1.82, 2.24) is 9.97 Å². The minimum absolute atomic E-state index is 0.185. The predicted octanol–water partition coefficient (Wildman–Crippen LogP) is 6.15. The molecule has 0 saturated heterocycles. The van der Waals surface area contributed by atoms with Gasteiger partial charge >= 0.3 is 0 Å². The second-order valence-corrected chi connectivity index (χ2v) is 7.74. The summed E-state index contributed by atoms with van der Waals surface area (Å²) in [5.74, 6) is 2.85. The fraction of sp³-hybridized carbons (Fsp3) is 0.842. The molecule has 0 bridgehead atoms. The molecule has 0 aliphatic carbocycles. The van der Waals surface area contributed by atoms with Gasteiger partial charge in [-0.2, -0.15) is 0 Å². The molecule has 2 unspecified atom stereocenters. The first kappa shape index (κ1) is 18.3. The minimum Gasteiger partial charge on any atom is -0.345 e. The lowest BCUT2D eigenvalue weighted by Gasteiger charge is -2.26. The number of imidazole rings is 1. The smallest absolute Gasteiger partial charge is 0.109 e. The fourth-order valence-electron chi connectivity index (χ4n) is 3.12. The van der Waals surface area contributed by atoms with Gasteiger partial charge in [-0.05, 0) is 18.8 Å². The molecule has 0 saturated carbocycles. The van der Waals surface area contributed by atoms with Crippen LogP contribution in [0.1, 0.15) is 110 Å². The van der Waals surface area contributed by atoms with Gasteiger partial charge in [-0.1, -0.05) is 68.2 Å². The quantitative estimate of drug-likeness (QED) is 0.611. The average Bonchev–Trinajstić information content (AvgIpc) is 2.83. The third-order valence-electron chi connectivity index (χ3n) is 4.92. The van der Waals surface area contributed by atoms with Gasteiger partial charge < -0.3 is 4.98 Å². The lowest BCUT2D eigenvalue weighted by molar-refractivity contribution is 0.441. The molecular formula is C19H36N2. The van der Waals surface area contributed by atoms with Crippen LogP contribution in [0.15, 0.2) is 0 Å². The number of aromatic amines is 1. The first-order valence-corrected chi connectivity index (χ1v) is 8.84. The summed E-state index contributed by atoms with van der Waals surface area (Å²) in [6.07, 6.45) is 4.83. The zero-order valence-electron chi connectivity index (χ0n) is 15.5. The van der Waals surface area contributed by atoms with Crippen molar-refractivity contribution in [3.8, 4) is 0 Å². The van der Waals surface area contributed by atoms with E-state index < -0.39 is 0 Å². The summed E-state index contributed by atoms with van der Waals surface area (Å²) in [5.41, 5.74) is 2.87. The molecule has 1 aromatic heterocycles. The minimum atomic E-state index is 0.185. The summed E-state index contributed by atoms with van der Waals surface area (Å²) >= 11 is 0. The van der Waals surface area contributed by atoms with E-state index in [1.807, 2.05) is 0 Å². The normalized spacial score (nSPS) is 15.5. The van der Waals surface area contributed by atoms with Gasteiger partial charge in [0.25, 0.3) is 0 Å². The van der Waals surface area contributed by atoms with E-state index in [2.05, 4.69) is 60.4 Å². The summed E-state index contributed by atoms with van der Waals surface area (Å²) in [4.78, 5) is 8.76. The van der Waals surface area contributed by atoms with Crippen LogP contribution < -0.4 is 0 Å². The summed E-state index contributed by atoms with van der Waals surface area (Å²) in [7, 11) is 0. The van der Waals surface area contributed by atoms with E-state index in [1.165, 1.54) is 42.9 Å². The number of nitrogens with one attached hydrogen (secondary N) is 1. The fourth-order valence-corrected chi connectivity index (χ4v) is 3.12. The van der Waals surface area contributed by atoms with Crippen molar-refractivity contribution in [3.05, 3.63) is 17.2 Å². The lowest BCUT2D eigenvalue weighted by atomic mass is 9.80. The van der Waals surface area contributed by atoms with Crippen molar-refractivity contribution in [2.45, 2.75) is 98.3 Å². The average molecular weight is 293 g/mol. The zero-order chi connectivity index (χ0) is 16.2. The molecule has 1 heterocycles. The molecule has 0 fully saturated rings. The molecule has 2 atom stereocenters. The van der Waals surface area contributed by atoms with E-state index >= 15 is 0 Å². The van der Waals surface area contributed by atoms with Gasteiger partial charge in [-0.3, -0.25) is 0 Å². The number of aromatic nitrogens is 2. The van der Waals surface area contributed by atoms with Crippen LogP contribution in [0.3, 0.4) is 0 Å². The maximum Gasteiger partial charge on any atom is 0.109 e. The van der Waals surface area contributed by atoms with Crippen LogP contribution >= 0.6 is 0 Å². The number of nitrogens with zero attached hydrogens (tertiary/aromatic N) is 1. The second-order valence-electron chi connectivity index (χ2n) is 7.74. The van der Waals surface area contributed by atoms with Crippen molar-refractivity contribution in [2.24, 2.45) is 5.92 Å². The van der Waals surface area contributed by atoms with Crippen LogP contribution in [0, 0.1) is 5.92 Å². The Kier molecular flexibility index (Phi) is 6.49. The molecule has 21 heavy (non-hydrogen) atoms. The highest BCUT2D eigenvalue weighted by molar-refractivity contribution is 5.27. The Hall–Kier alpha value is -0.790. The maximum atomic E-state index is 5.04. The Bertz CT molecular complexity index is 429. The lowest BCUT2D eigenvalue weighted by Crippen LogP contribution is -2.21. The van der Waals surface area contributed by atoms with E-state index in [-0.39, 0.29) is 5.41 Å². The standard InChI is InChI=1S/C19H36N2/c1-9-11-14(5)18-20-16(15(6)13(3)4)17(21-18)19(7,8)12-10-2/h13-15H,9-12H2,1-8H3,(H,20,21). The van der Waals surface area contributed by atoms with E-state index in [4.69, 9.17) is 4.98 Å². The highest BCUT2D eigenvalue weighted by Gasteiger charge is 2.30. The van der Waals surface area contributed by atoms with Crippen molar-refractivity contribution in [2.75, 3.05) is 0 Å². The van der Waals surface area contributed by atoms with Gasteiger partial charge in [0.05, 0.1) is 5.69 Å². The van der Waals surface area contributed by atoms with Gasteiger partial charge in [-0.15, -0.1) is 0 Å². The Labute approximate surface area is 132 Å². The number of hydrogen-bond acceptors (Lipinski definition) is 1. The topological polar surface area (TPSA) is 28.7 Å². The first-order valence-electron chi connectivity index (χ1n) is 8.84. The number of hydrogen-bond donors (Lipinski definition) is 1. The molecule has 1 rings (SSSR count). The predicted molar refractivity (Wildman–Crippen MR) is 93.1 cm³/mol. The van der Waals surface area contributed by atoms with Gasteiger partial charge in [0.15, 0.2) is 0 Å². The summed E-state index contributed by atoms with van der Waals surface area (Å²) in [6, 6.07) is 0. The molecule has 122 valence electrons. The maximum absolute atomic E-state index is 5.04. The molecule has 0 radical (unpaired) electrons. The summed E-state index contributed by atoms with van der Waals surface area (Å²) in [5, 5.41) is 0. The molecule has 2 heteroatoms. The van der Waals surface area contributed by atoms with Crippen molar-refractivity contribution in [3.63, 3.8) is 0 Å². The van der Waals surface area contributed by atoms with E-state index in [0.717, 1.165) is 0 Å². The molecule has 0 aliphatic rings. The molecule has 0 amide bonds. The Morgan fingerprint density at radius 2 is 1.67 bits per heavy atom. The third-order valence-corrected chi connectivity index (χ3v) is 4.92. The molecule has 0 spiro atoms. The van der Waals surface area contributed by atoms with Crippen LogP contribution in [0.4, 0.5) is 0 Å². The first-order chi connectivity index (χ1) is 9.74. The molecule has 1 aromatic rings. The number of H-pyrrole nitrogens is 1. The molecule has 0 aliphatic heterocycles. The van der Waals surface area contributed by atoms with Crippen LogP contribution in [-0.2, 0) is 5.41 Å². The molecule has 0 aromatic carbocycles. The van der Waals surface area contributed by atoms with Crippen LogP contribution in [0.25, 0.3) is 0 Å². The summed E-state index contributed by atoms with van der Waals surface area (Å²) in [6.45, 7) is 18.4. The monoisotopic (exact) mass is 292 g/mol. The third kappa shape index (κ3) is 4.34. The Balaban J connectivity index is 3.25. The van der Waals surface area contributed by atoms with Crippen LogP contribution in [0.5, 0.6) is 0 Å². The van der Waals surface area contributed by atoms with Gasteiger partial charge in [0, 0.05) is 22.9 Å². The largest absolute Gasteiger partial charge is 0.345 e. The van der Waals surface area contributed by atoms with Gasteiger partial charge in [-0.25, -0.2) is 4.98 Å².